The molecule has 118 valence electrons. The first kappa shape index (κ1) is 16.6. The summed E-state index contributed by atoms with van der Waals surface area (Å²) in [6.45, 7) is 2.95. The number of hydrogen-bond acceptors (Lipinski definition) is 3. The summed E-state index contributed by atoms with van der Waals surface area (Å²) in [5.74, 6) is 0.849. The van der Waals surface area contributed by atoms with Crippen molar-refractivity contribution in [3.05, 3.63) is 65.2 Å². The fourth-order valence-corrected chi connectivity index (χ4v) is 2.17. The van der Waals surface area contributed by atoms with E-state index in [1.165, 1.54) is 0 Å². The van der Waals surface area contributed by atoms with Gasteiger partial charge in [0.05, 0.1) is 18.2 Å². The Kier molecular flexibility index (Phi) is 6.19. The van der Waals surface area contributed by atoms with Gasteiger partial charge >= 0.3 is 0 Å². The molecule has 2 rings (SSSR count). The molecular formula is C19H20N2O2. The summed E-state index contributed by atoms with van der Waals surface area (Å²) < 4.78 is 5.66. The monoisotopic (exact) mass is 308 g/mol. The minimum Gasteiger partial charge on any atom is -0.493 e. The lowest BCUT2D eigenvalue weighted by Gasteiger charge is -2.09. The van der Waals surface area contributed by atoms with E-state index in [1.54, 1.807) is 12.1 Å². The lowest BCUT2D eigenvalue weighted by Crippen LogP contribution is -2.23. The first-order valence-corrected chi connectivity index (χ1v) is 7.63. The number of carbonyl (C=O) groups excluding carboxylic acids is 1. The van der Waals surface area contributed by atoms with E-state index < -0.39 is 0 Å². The number of ether oxygens (including phenoxy) is 1. The first-order valence-electron chi connectivity index (χ1n) is 7.63. The lowest BCUT2D eigenvalue weighted by molar-refractivity contribution is -0.121. The second kappa shape index (κ2) is 8.60. The van der Waals surface area contributed by atoms with Crippen LogP contribution in [0, 0.1) is 18.3 Å². The predicted molar refractivity (Wildman–Crippen MR) is 88.9 cm³/mol. The van der Waals surface area contributed by atoms with E-state index in [-0.39, 0.29) is 5.91 Å². The topological polar surface area (TPSA) is 62.1 Å². The van der Waals surface area contributed by atoms with E-state index in [4.69, 9.17) is 10.00 Å². The van der Waals surface area contributed by atoms with Crippen LogP contribution in [0.15, 0.2) is 48.5 Å². The molecule has 0 spiro atoms. The number of aryl methyl sites for hydroxylation is 1. The summed E-state index contributed by atoms with van der Waals surface area (Å²) in [6.07, 6.45) is 1.09. The van der Waals surface area contributed by atoms with Gasteiger partial charge in [-0.25, -0.2) is 0 Å². The van der Waals surface area contributed by atoms with Gasteiger partial charge in [-0.15, -0.1) is 0 Å². The standard InChI is InChI=1S/C19H20N2O2/c1-15-6-2-3-9-18(15)23-11-5-10-19(22)21-14-17-8-4-7-16(12-17)13-20/h2-4,6-9,12H,5,10-11,14H2,1H3,(H,21,22). The summed E-state index contributed by atoms with van der Waals surface area (Å²) in [7, 11) is 0. The number of hydrogen-bond donors (Lipinski definition) is 1. The van der Waals surface area contributed by atoms with E-state index >= 15 is 0 Å². The number of rotatable bonds is 7. The smallest absolute Gasteiger partial charge is 0.220 e. The van der Waals surface area contributed by atoms with Crippen LogP contribution in [0.5, 0.6) is 5.75 Å². The summed E-state index contributed by atoms with van der Waals surface area (Å²) in [6, 6.07) is 17.1. The predicted octanol–water partition coefficient (Wildman–Crippen LogP) is 3.34. The maximum absolute atomic E-state index is 11.8. The van der Waals surface area contributed by atoms with Gasteiger partial charge in [0, 0.05) is 13.0 Å². The van der Waals surface area contributed by atoms with Gasteiger partial charge in [-0.3, -0.25) is 4.79 Å². The van der Waals surface area contributed by atoms with Gasteiger partial charge < -0.3 is 10.1 Å². The zero-order chi connectivity index (χ0) is 16.5. The van der Waals surface area contributed by atoms with Crippen LogP contribution in [0.2, 0.25) is 0 Å². The molecule has 0 radical (unpaired) electrons. The average Bonchev–Trinajstić information content (AvgIpc) is 2.58. The van der Waals surface area contributed by atoms with Crippen LogP contribution < -0.4 is 10.1 Å². The van der Waals surface area contributed by atoms with E-state index in [1.807, 2.05) is 43.3 Å². The van der Waals surface area contributed by atoms with Gasteiger partial charge in [0.2, 0.25) is 5.91 Å². The van der Waals surface area contributed by atoms with Crippen molar-refractivity contribution in [2.24, 2.45) is 0 Å². The fourth-order valence-electron chi connectivity index (χ4n) is 2.17. The Bertz CT molecular complexity index is 705. The molecule has 0 unspecified atom stereocenters. The van der Waals surface area contributed by atoms with Crippen molar-refractivity contribution in [1.82, 2.24) is 5.32 Å². The molecule has 0 bridgehead atoms. The molecule has 1 amide bonds. The molecule has 0 aliphatic heterocycles. The highest BCUT2D eigenvalue weighted by Crippen LogP contribution is 2.16. The third-order valence-corrected chi connectivity index (χ3v) is 3.45. The lowest BCUT2D eigenvalue weighted by atomic mass is 10.1. The fraction of sp³-hybridized carbons (Fsp3) is 0.263. The van der Waals surface area contributed by atoms with Crippen LogP contribution in [-0.2, 0) is 11.3 Å². The molecule has 0 atom stereocenters. The Morgan fingerprint density at radius 1 is 1.22 bits per heavy atom. The van der Waals surface area contributed by atoms with Gasteiger partial charge in [0.15, 0.2) is 0 Å². The summed E-state index contributed by atoms with van der Waals surface area (Å²) in [5.41, 5.74) is 2.62. The number of nitrogens with one attached hydrogen (secondary N) is 1. The summed E-state index contributed by atoms with van der Waals surface area (Å²) in [5, 5.41) is 11.7. The maximum Gasteiger partial charge on any atom is 0.220 e. The number of nitrogens with zero attached hydrogens (tertiary/aromatic N) is 1. The van der Waals surface area contributed by atoms with E-state index in [0.717, 1.165) is 16.9 Å². The largest absolute Gasteiger partial charge is 0.493 e. The normalized spacial score (nSPS) is 9.91. The SMILES string of the molecule is Cc1ccccc1OCCCC(=O)NCc1cccc(C#N)c1. The Morgan fingerprint density at radius 2 is 2.04 bits per heavy atom. The third kappa shape index (κ3) is 5.48. The summed E-state index contributed by atoms with van der Waals surface area (Å²) >= 11 is 0. The van der Waals surface area contributed by atoms with Crippen LogP contribution in [0.3, 0.4) is 0 Å². The molecular weight excluding hydrogens is 288 g/mol. The second-order valence-corrected chi connectivity index (χ2v) is 5.31. The Hall–Kier alpha value is -2.80. The Morgan fingerprint density at radius 3 is 2.83 bits per heavy atom. The molecule has 4 nitrogen and oxygen atoms in total. The average molecular weight is 308 g/mol. The highest BCUT2D eigenvalue weighted by Gasteiger charge is 2.03. The quantitative estimate of drug-likeness (QED) is 0.798. The highest BCUT2D eigenvalue weighted by atomic mass is 16.5. The molecule has 0 aromatic heterocycles. The molecule has 1 N–H and O–H groups in total. The van der Waals surface area contributed by atoms with E-state index in [0.29, 0.717) is 31.6 Å². The second-order valence-electron chi connectivity index (χ2n) is 5.31. The summed E-state index contributed by atoms with van der Waals surface area (Å²) in [4.78, 5) is 11.8. The highest BCUT2D eigenvalue weighted by molar-refractivity contribution is 5.75. The van der Waals surface area contributed by atoms with E-state index in [9.17, 15) is 4.79 Å². The number of nitriles is 1. The van der Waals surface area contributed by atoms with Crippen molar-refractivity contribution in [1.29, 1.82) is 5.26 Å². The Labute approximate surface area is 136 Å². The maximum atomic E-state index is 11.8. The molecule has 23 heavy (non-hydrogen) atoms. The Balaban J connectivity index is 1.67. The van der Waals surface area contributed by atoms with Crippen molar-refractivity contribution >= 4 is 5.91 Å². The molecule has 2 aromatic carbocycles. The van der Waals surface area contributed by atoms with Crippen LogP contribution in [0.1, 0.15) is 29.5 Å². The minimum absolute atomic E-state index is 0.0132. The van der Waals surface area contributed by atoms with Crippen molar-refractivity contribution in [3.8, 4) is 11.8 Å². The van der Waals surface area contributed by atoms with Gasteiger partial charge in [-0.05, 0) is 42.7 Å². The number of carbonyl (C=O) groups is 1. The van der Waals surface area contributed by atoms with Crippen LogP contribution >= 0.6 is 0 Å². The zero-order valence-electron chi connectivity index (χ0n) is 13.2. The molecule has 0 fully saturated rings. The molecule has 0 heterocycles. The van der Waals surface area contributed by atoms with Gasteiger partial charge in [0.1, 0.15) is 5.75 Å². The number of benzene rings is 2. The van der Waals surface area contributed by atoms with Crippen LogP contribution in [0.4, 0.5) is 0 Å². The van der Waals surface area contributed by atoms with E-state index in [2.05, 4.69) is 11.4 Å². The molecule has 0 aliphatic rings. The molecule has 0 saturated carbocycles. The third-order valence-electron chi connectivity index (χ3n) is 3.45. The minimum atomic E-state index is -0.0132. The molecule has 2 aromatic rings. The van der Waals surface area contributed by atoms with Gasteiger partial charge in [0.25, 0.3) is 0 Å². The van der Waals surface area contributed by atoms with Crippen LogP contribution in [0.25, 0.3) is 0 Å². The first-order chi connectivity index (χ1) is 11.2. The van der Waals surface area contributed by atoms with Crippen molar-refractivity contribution < 1.29 is 9.53 Å². The zero-order valence-corrected chi connectivity index (χ0v) is 13.2. The van der Waals surface area contributed by atoms with Crippen molar-refractivity contribution in [2.45, 2.75) is 26.3 Å². The van der Waals surface area contributed by atoms with Crippen molar-refractivity contribution in [2.75, 3.05) is 6.61 Å². The number of amides is 1. The van der Waals surface area contributed by atoms with Crippen LogP contribution in [-0.4, -0.2) is 12.5 Å². The van der Waals surface area contributed by atoms with Crippen molar-refractivity contribution in [3.63, 3.8) is 0 Å². The molecule has 4 heteroatoms. The van der Waals surface area contributed by atoms with Gasteiger partial charge in [-0.2, -0.15) is 5.26 Å². The molecule has 0 saturated heterocycles. The van der Waals surface area contributed by atoms with Gasteiger partial charge in [-0.1, -0.05) is 30.3 Å². The molecule has 0 aliphatic carbocycles. The number of para-hydroxylation sites is 1.